The fourth-order valence-electron chi connectivity index (χ4n) is 4.55. The highest BCUT2D eigenvalue weighted by Crippen LogP contribution is 2.31. The molecule has 2 aromatic carbocycles. The highest BCUT2D eigenvalue weighted by atomic mass is 19.1. The lowest BCUT2D eigenvalue weighted by molar-refractivity contribution is -0.144. The first-order valence-electron chi connectivity index (χ1n) is 12.6. The standard InChI is InChI=1S/C27H29BF2N4O5/c1-16(2)12-23(28(37)38)33-26(36)27(14-20-21(29)8-5-9-22(20)30)13-18(34-39-27)15-32-25(35)24-19-7-4-3-6-17(19)10-11-31-24/h3-11,16,23,37-38H,12-15H2,1-2H3,(H,32,35)(H,33,36)/t23-,27?/m0/s1. The number of carbonyl (C=O) groups is 2. The van der Waals surface area contributed by atoms with E-state index in [0.29, 0.717) is 5.39 Å². The number of hydrogen-bond acceptors (Lipinski definition) is 7. The van der Waals surface area contributed by atoms with Crippen LogP contribution in [-0.4, -0.2) is 57.8 Å². The molecule has 0 aliphatic carbocycles. The zero-order chi connectivity index (χ0) is 28.2. The summed E-state index contributed by atoms with van der Waals surface area (Å²) < 4.78 is 29.1. The fourth-order valence-corrected chi connectivity index (χ4v) is 4.55. The number of nitrogens with one attached hydrogen (secondary N) is 2. The molecular formula is C27H29BF2N4O5. The Morgan fingerprint density at radius 2 is 1.82 bits per heavy atom. The molecule has 0 bridgehead atoms. The third kappa shape index (κ3) is 6.40. The van der Waals surface area contributed by atoms with Crippen molar-refractivity contribution in [2.24, 2.45) is 11.1 Å². The molecular weight excluding hydrogens is 509 g/mol. The van der Waals surface area contributed by atoms with E-state index in [2.05, 4.69) is 20.8 Å². The highest BCUT2D eigenvalue weighted by molar-refractivity contribution is 6.43. The molecule has 0 spiro atoms. The number of carbonyl (C=O) groups excluding carboxylic acids is 2. The molecule has 4 rings (SSSR count). The van der Waals surface area contributed by atoms with Gasteiger partial charge < -0.3 is 25.5 Å². The number of hydrogen-bond donors (Lipinski definition) is 4. The zero-order valence-corrected chi connectivity index (χ0v) is 21.5. The molecule has 1 aromatic heterocycles. The Labute approximate surface area is 224 Å². The van der Waals surface area contributed by atoms with Crippen molar-refractivity contribution >= 4 is 35.4 Å². The molecule has 0 saturated heterocycles. The van der Waals surface area contributed by atoms with Crippen LogP contribution in [0, 0.1) is 17.6 Å². The van der Waals surface area contributed by atoms with Gasteiger partial charge in [-0.2, -0.15) is 0 Å². The summed E-state index contributed by atoms with van der Waals surface area (Å²) in [6, 6.07) is 12.4. The number of benzene rings is 2. The lowest BCUT2D eigenvalue weighted by Gasteiger charge is -2.29. The quantitative estimate of drug-likeness (QED) is 0.294. The maximum absolute atomic E-state index is 14.6. The van der Waals surface area contributed by atoms with E-state index in [1.807, 2.05) is 26.0 Å². The number of fused-ring (bicyclic) bond motifs is 1. The molecule has 1 unspecified atom stereocenters. The van der Waals surface area contributed by atoms with Gasteiger partial charge >= 0.3 is 7.12 Å². The van der Waals surface area contributed by atoms with Crippen molar-refractivity contribution in [1.82, 2.24) is 15.6 Å². The van der Waals surface area contributed by atoms with Gasteiger partial charge in [-0.1, -0.05) is 49.3 Å². The summed E-state index contributed by atoms with van der Waals surface area (Å²) in [5, 5.41) is 30.3. The number of amides is 2. The average molecular weight is 538 g/mol. The van der Waals surface area contributed by atoms with Gasteiger partial charge in [0.1, 0.15) is 17.3 Å². The van der Waals surface area contributed by atoms with Crippen LogP contribution in [-0.2, 0) is 16.1 Å². The smallest absolute Gasteiger partial charge is 0.426 e. The summed E-state index contributed by atoms with van der Waals surface area (Å²) in [5.74, 6) is -4.07. The molecule has 4 N–H and O–H groups in total. The molecule has 0 radical (unpaired) electrons. The Morgan fingerprint density at radius 1 is 1.10 bits per heavy atom. The number of oxime groups is 1. The molecule has 1 aliphatic rings. The monoisotopic (exact) mass is 538 g/mol. The van der Waals surface area contributed by atoms with Crippen molar-refractivity contribution in [3.63, 3.8) is 0 Å². The summed E-state index contributed by atoms with van der Waals surface area (Å²) in [4.78, 5) is 36.1. The van der Waals surface area contributed by atoms with E-state index in [0.717, 1.165) is 17.5 Å². The van der Waals surface area contributed by atoms with E-state index in [1.165, 1.54) is 12.3 Å². The van der Waals surface area contributed by atoms with Crippen molar-refractivity contribution in [2.75, 3.05) is 6.54 Å². The summed E-state index contributed by atoms with van der Waals surface area (Å²) in [7, 11) is -1.87. The molecule has 2 heterocycles. The van der Waals surface area contributed by atoms with Crippen LogP contribution in [0.3, 0.4) is 0 Å². The molecule has 12 heteroatoms. The van der Waals surface area contributed by atoms with E-state index in [4.69, 9.17) is 4.84 Å². The van der Waals surface area contributed by atoms with Gasteiger partial charge in [-0.05, 0) is 35.9 Å². The zero-order valence-electron chi connectivity index (χ0n) is 21.5. The predicted molar refractivity (Wildman–Crippen MR) is 142 cm³/mol. The van der Waals surface area contributed by atoms with E-state index in [-0.39, 0.29) is 42.3 Å². The first kappa shape index (κ1) is 28.1. The Balaban J connectivity index is 1.54. The first-order chi connectivity index (χ1) is 18.6. The van der Waals surface area contributed by atoms with Crippen molar-refractivity contribution in [3.05, 3.63) is 77.6 Å². The van der Waals surface area contributed by atoms with Gasteiger partial charge in [0.2, 0.25) is 5.60 Å². The van der Waals surface area contributed by atoms with Crippen LogP contribution < -0.4 is 10.6 Å². The lowest BCUT2D eigenvalue weighted by atomic mass is 9.74. The van der Waals surface area contributed by atoms with Gasteiger partial charge in [0.05, 0.1) is 18.2 Å². The van der Waals surface area contributed by atoms with Crippen LogP contribution in [0.25, 0.3) is 10.8 Å². The second-order valence-electron chi connectivity index (χ2n) is 9.98. The molecule has 39 heavy (non-hydrogen) atoms. The van der Waals surface area contributed by atoms with Gasteiger partial charge in [-0.15, -0.1) is 0 Å². The number of pyridine rings is 1. The number of halogens is 2. The van der Waals surface area contributed by atoms with Crippen molar-refractivity contribution < 1.29 is 33.3 Å². The Bertz CT molecular complexity index is 1380. The van der Waals surface area contributed by atoms with Crippen LogP contribution in [0.4, 0.5) is 8.78 Å². The molecule has 2 atom stereocenters. The summed E-state index contributed by atoms with van der Waals surface area (Å²) in [5.41, 5.74) is -1.80. The SMILES string of the molecule is CC(C)C[C@H](NC(=O)C1(Cc2c(F)cccc2F)CC(CNC(=O)c2nccc3ccccc23)=NO1)B(O)O. The van der Waals surface area contributed by atoms with E-state index in [1.54, 1.807) is 18.2 Å². The number of nitrogens with zero attached hydrogens (tertiary/aromatic N) is 2. The van der Waals surface area contributed by atoms with Gasteiger partial charge in [0.15, 0.2) is 0 Å². The van der Waals surface area contributed by atoms with E-state index in [9.17, 15) is 28.4 Å². The molecule has 204 valence electrons. The van der Waals surface area contributed by atoms with E-state index >= 15 is 0 Å². The minimum atomic E-state index is -1.88. The van der Waals surface area contributed by atoms with Crippen LogP contribution in [0.15, 0.2) is 59.9 Å². The van der Waals surface area contributed by atoms with Crippen molar-refractivity contribution in [1.29, 1.82) is 0 Å². The Kier molecular flexibility index (Phi) is 8.56. The lowest BCUT2D eigenvalue weighted by Crippen LogP contribution is -2.56. The molecule has 0 saturated carbocycles. The number of rotatable bonds is 10. The summed E-state index contributed by atoms with van der Waals surface area (Å²) in [6.07, 6.45) is 1.04. The first-order valence-corrected chi connectivity index (χ1v) is 12.6. The van der Waals surface area contributed by atoms with Crippen LogP contribution in [0.5, 0.6) is 0 Å². The van der Waals surface area contributed by atoms with Gasteiger partial charge in [-0.25, -0.2) is 8.78 Å². The Hall–Kier alpha value is -3.90. The van der Waals surface area contributed by atoms with Crippen LogP contribution in [0.1, 0.15) is 42.7 Å². The van der Waals surface area contributed by atoms with Crippen molar-refractivity contribution in [2.45, 2.75) is 44.7 Å². The molecule has 0 fully saturated rings. The average Bonchev–Trinajstić information content (AvgIpc) is 3.32. The maximum atomic E-state index is 14.6. The third-order valence-electron chi connectivity index (χ3n) is 6.52. The topological polar surface area (TPSA) is 133 Å². The molecule has 2 amide bonds. The van der Waals surface area contributed by atoms with Crippen LogP contribution in [0.2, 0.25) is 0 Å². The Morgan fingerprint density at radius 3 is 2.51 bits per heavy atom. The predicted octanol–water partition coefficient (Wildman–Crippen LogP) is 2.54. The normalized spacial score (nSPS) is 17.5. The largest absolute Gasteiger partial charge is 0.475 e. The van der Waals surface area contributed by atoms with E-state index < -0.39 is 48.5 Å². The van der Waals surface area contributed by atoms with Crippen molar-refractivity contribution in [3.8, 4) is 0 Å². The van der Waals surface area contributed by atoms with Gasteiger partial charge in [0, 0.05) is 30.0 Å². The minimum Gasteiger partial charge on any atom is -0.426 e. The number of aromatic nitrogens is 1. The van der Waals surface area contributed by atoms with Gasteiger partial charge in [0.25, 0.3) is 11.8 Å². The van der Waals surface area contributed by atoms with Crippen LogP contribution >= 0.6 is 0 Å². The molecule has 3 aromatic rings. The summed E-state index contributed by atoms with van der Waals surface area (Å²) in [6.45, 7) is 3.57. The minimum absolute atomic E-state index is 0.00580. The third-order valence-corrected chi connectivity index (χ3v) is 6.52. The fraction of sp³-hybridized carbons (Fsp3) is 0.333. The second kappa shape index (κ2) is 11.9. The molecule has 9 nitrogen and oxygen atoms in total. The maximum Gasteiger partial charge on any atom is 0.475 e. The summed E-state index contributed by atoms with van der Waals surface area (Å²) >= 11 is 0. The highest BCUT2D eigenvalue weighted by Gasteiger charge is 2.49. The molecule has 1 aliphatic heterocycles. The van der Waals surface area contributed by atoms with Gasteiger partial charge in [-0.3, -0.25) is 14.6 Å². The second-order valence-corrected chi connectivity index (χ2v) is 9.98.